The summed E-state index contributed by atoms with van der Waals surface area (Å²) < 4.78 is 0. The molecule has 1 rings (SSSR count). The summed E-state index contributed by atoms with van der Waals surface area (Å²) in [5.74, 6) is 0.500. The summed E-state index contributed by atoms with van der Waals surface area (Å²) in [5.41, 5.74) is 0. The van der Waals surface area contributed by atoms with Gasteiger partial charge in [0.15, 0.2) is 0 Å². The molecule has 0 aliphatic heterocycles. The lowest BCUT2D eigenvalue weighted by Crippen LogP contribution is -2.17. The Hall–Kier alpha value is -0.0800. The highest BCUT2D eigenvalue weighted by Gasteiger charge is 2.27. The normalized spacial score (nSPS) is 40.9. The first-order valence-corrected chi connectivity index (χ1v) is 3.06. The van der Waals surface area contributed by atoms with Gasteiger partial charge in [-0.3, -0.25) is 0 Å². The van der Waals surface area contributed by atoms with Gasteiger partial charge in [0.2, 0.25) is 0 Å². The van der Waals surface area contributed by atoms with Crippen LogP contribution in [0.3, 0.4) is 0 Å². The van der Waals surface area contributed by atoms with E-state index in [1.54, 1.807) is 0 Å². The smallest absolute Gasteiger partial charge is 0.0801 e. The topological polar surface area (TPSA) is 40.5 Å². The Labute approximate surface area is 49.1 Å². The molecule has 1 aliphatic carbocycles. The molecule has 2 atom stereocenters. The van der Waals surface area contributed by atoms with Crippen molar-refractivity contribution in [2.75, 3.05) is 0 Å². The maximum absolute atomic E-state index is 8.92. The third kappa shape index (κ3) is 1.01. The molecule has 1 aliphatic rings. The van der Waals surface area contributed by atoms with E-state index in [0.29, 0.717) is 5.92 Å². The second-order valence-corrected chi connectivity index (χ2v) is 2.71. The molecule has 2 heteroatoms. The molecule has 0 saturated heterocycles. The van der Waals surface area contributed by atoms with Crippen LogP contribution in [0.2, 0.25) is 0 Å². The predicted octanol–water partition coefficient (Wildman–Crippen LogP) is 0.138. The maximum atomic E-state index is 8.92. The van der Waals surface area contributed by atoms with Gasteiger partial charge in [-0.05, 0) is 18.8 Å². The molecule has 1 fully saturated rings. The van der Waals surface area contributed by atoms with Crippen LogP contribution < -0.4 is 0 Å². The van der Waals surface area contributed by atoms with Gasteiger partial charge in [-0.25, -0.2) is 0 Å². The van der Waals surface area contributed by atoms with E-state index in [2.05, 4.69) is 0 Å². The lowest BCUT2D eigenvalue weighted by Gasteiger charge is -2.03. The first-order chi connectivity index (χ1) is 3.70. The Balaban J connectivity index is 2.39. The minimum absolute atomic E-state index is 0.454. The first-order valence-electron chi connectivity index (χ1n) is 3.06. The van der Waals surface area contributed by atoms with E-state index >= 15 is 0 Å². The van der Waals surface area contributed by atoms with Crippen molar-refractivity contribution >= 4 is 0 Å². The fourth-order valence-corrected chi connectivity index (χ4v) is 1.23. The number of hydrogen-bond acceptors (Lipinski definition) is 2. The molecule has 0 heterocycles. The van der Waals surface area contributed by atoms with Crippen molar-refractivity contribution in [3.63, 3.8) is 0 Å². The van der Waals surface area contributed by atoms with Crippen LogP contribution in [0.4, 0.5) is 0 Å². The molecule has 0 aromatic carbocycles. The molecule has 2 nitrogen and oxygen atoms in total. The van der Waals surface area contributed by atoms with E-state index in [1.165, 1.54) is 0 Å². The molecular weight excluding hydrogens is 104 g/mol. The highest BCUT2D eigenvalue weighted by Crippen LogP contribution is 2.24. The van der Waals surface area contributed by atoms with Crippen LogP contribution in [0.15, 0.2) is 0 Å². The zero-order valence-corrected chi connectivity index (χ0v) is 5.04. The second kappa shape index (κ2) is 2.03. The van der Waals surface area contributed by atoms with E-state index < -0.39 is 12.2 Å². The Morgan fingerprint density at radius 1 is 1.12 bits per heavy atom. The minimum Gasteiger partial charge on any atom is -0.390 e. The first kappa shape index (κ1) is 6.05. The number of aliphatic hydroxyl groups excluding tert-OH is 2. The van der Waals surface area contributed by atoms with E-state index in [-0.39, 0.29) is 0 Å². The van der Waals surface area contributed by atoms with Crippen LogP contribution in [-0.2, 0) is 0 Å². The zero-order chi connectivity index (χ0) is 6.15. The molecule has 0 radical (unpaired) electrons. The molecule has 0 unspecified atom stereocenters. The largest absolute Gasteiger partial charge is 0.390 e. The van der Waals surface area contributed by atoms with Gasteiger partial charge in [0, 0.05) is 0 Å². The molecule has 0 spiro atoms. The summed E-state index contributed by atoms with van der Waals surface area (Å²) in [6.07, 6.45) is 0.623. The quantitative estimate of drug-likeness (QED) is 0.472. The summed E-state index contributed by atoms with van der Waals surface area (Å²) in [6.45, 7) is 2.04. The number of hydrogen-bond donors (Lipinski definition) is 2. The molecule has 2 N–H and O–H groups in total. The average Bonchev–Trinajstić information content (AvgIpc) is 1.85. The SMILES string of the molecule is CC1C[C@H](O)[C@@H](O)C1. The highest BCUT2D eigenvalue weighted by atomic mass is 16.3. The van der Waals surface area contributed by atoms with Crippen molar-refractivity contribution in [1.82, 2.24) is 0 Å². The summed E-state index contributed by atoms with van der Waals surface area (Å²) in [4.78, 5) is 0. The molecule has 1 saturated carbocycles. The summed E-state index contributed by atoms with van der Waals surface area (Å²) in [6, 6.07) is 0. The highest BCUT2D eigenvalue weighted by molar-refractivity contribution is 4.79. The lowest BCUT2D eigenvalue weighted by atomic mass is 10.1. The Morgan fingerprint density at radius 2 is 1.50 bits per heavy atom. The Bertz CT molecular complexity index is 72.6. The van der Waals surface area contributed by atoms with Crippen LogP contribution in [0.5, 0.6) is 0 Å². The van der Waals surface area contributed by atoms with Crippen molar-refractivity contribution in [3.8, 4) is 0 Å². The Kier molecular flexibility index (Phi) is 1.54. The predicted molar refractivity (Wildman–Crippen MR) is 30.4 cm³/mol. The molecular formula is C6H12O2. The molecule has 48 valence electrons. The van der Waals surface area contributed by atoms with Crippen molar-refractivity contribution in [2.45, 2.75) is 32.0 Å². The van der Waals surface area contributed by atoms with Crippen LogP contribution in [0, 0.1) is 5.92 Å². The fraction of sp³-hybridized carbons (Fsp3) is 1.00. The van der Waals surface area contributed by atoms with Gasteiger partial charge in [0.05, 0.1) is 12.2 Å². The van der Waals surface area contributed by atoms with E-state index in [4.69, 9.17) is 10.2 Å². The molecule has 0 bridgehead atoms. The van der Waals surface area contributed by atoms with Gasteiger partial charge in [0.25, 0.3) is 0 Å². The van der Waals surface area contributed by atoms with Gasteiger partial charge in [-0.1, -0.05) is 6.92 Å². The molecule has 0 amide bonds. The lowest BCUT2D eigenvalue weighted by molar-refractivity contribution is 0.0438. The molecule has 0 aromatic rings. The van der Waals surface area contributed by atoms with Crippen molar-refractivity contribution in [3.05, 3.63) is 0 Å². The third-order valence-corrected chi connectivity index (χ3v) is 1.73. The van der Waals surface area contributed by atoms with Crippen molar-refractivity contribution < 1.29 is 10.2 Å². The summed E-state index contributed by atoms with van der Waals surface area (Å²) in [5, 5.41) is 17.8. The van der Waals surface area contributed by atoms with Crippen molar-refractivity contribution in [1.29, 1.82) is 0 Å². The van der Waals surface area contributed by atoms with E-state index in [9.17, 15) is 0 Å². The van der Waals surface area contributed by atoms with Crippen LogP contribution in [-0.4, -0.2) is 22.4 Å². The fourth-order valence-electron chi connectivity index (χ4n) is 1.23. The monoisotopic (exact) mass is 116 g/mol. The average molecular weight is 116 g/mol. The van der Waals surface area contributed by atoms with Crippen molar-refractivity contribution in [2.24, 2.45) is 5.92 Å². The molecule has 0 aromatic heterocycles. The van der Waals surface area contributed by atoms with Gasteiger partial charge >= 0.3 is 0 Å². The van der Waals surface area contributed by atoms with Gasteiger partial charge in [-0.15, -0.1) is 0 Å². The number of rotatable bonds is 0. The summed E-state index contributed by atoms with van der Waals surface area (Å²) >= 11 is 0. The Morgan fingerprint density at radius 3 is 1.62 bits per heavy atom. The van der Waals surface area contributed by atoms with Gasteiger partial charge in [-0.2, -0.15) is 0 Å². The van der Waals surface area contributed by atoms with Crippen LogP contribution >= 0.6 is 0 Å². The van der Waals surface area contributed by atoms with E-state index in [0.717, 1.165) is 12.8 Å². The van der Waals surface area contributed by atoms with Crippen LogP contribution in [0.25, 0.3) is 0 Å². The van der Waals surface area contributed by atoms with E-state index in [1.807, 2.05) is 6.92 Å². The summed E-state index contributed by atoms with van der Waals surface area (Å²) in [7, 11) is 0. The third-order valence-electron chi connectivity index (χ3n) is 1.73. The zero-order valence-electron chi connectivity index (χ0n) is 5.04. The maximum Gasteiger partial charge on any atom is 0.0801 e. The van der Waals surface area contributed by atoms with Gasteiger partial charge in [0.1, 0.15) is 0 Å². The molecule has 8 heavy (non-hydrogen) atoms. The number of aliphatic hydroxyl groups is 2. The van der Waals surface area contributed by atoms with Gasteiger partial charge < -0.3 is 10.2 Å². The minimum atomic E-state index is -0.454. The second-order valence-electron chi connectivity index (χ2n) is 2.71. The van der Waals surface area contributed by atoms with Crippen LogP contribution in [0.1, 0.15) is 19.8 Å². The standard InChI is InChI=1S/C6H12O2/c1-4-2-5(7)6(8)3-4/h4-8H,2-3H2,1H3/t5-,6-/m0/s1.